The van der Waals surface area contributed by atoms with Crippen LogP contribution in [0.4, 0.5) is 4.79 Å². The van der Waals surface area contributed by atoms with Crippen molar-refractivity contribution in [1.29, 1.82) is 0 Å². The van der Waals surface area contributed by atoms with E-state index in [0.717, 1.165) is 65.8 Å². The Morgan fingerprint density at radius 3 is 2.39 bits per heavy atom. The summed E-state index contributed by atoms with van der Waals surface area (Å²) in [5.74, 6) is 1.50. The van der Waals surface area contributed by atoms with Gasteiger partial charge in [0.2, 0.25) is 5.88 Å². The second-order valence-electron chi connectivity index (χ2n) is 12.2. The maximum atomic E-state index is 12.9. The number of aromatic nitrogens is 1. The second-order valence-corrected chi connectivity index (χ2v) is 13.3. The van der Waals surface area contributed by atoms with Gasteiger partial charge in [0.25, 0.3) is 0 Å². The molecule has 0 radical (unpaired) electrons. The number of thiophene rings is 1. The molecule has 0 bridgehead atoms. The van der Waals surface area contributed by atoms with E-state index in [2.05, 4.69) is 50.6 Å². The number of likely N-dealkylation sites (tertiary alicyclic amines) is 1. The highest BCUT2D eigenvalue weighted by Gasteiger charge is 2.32. The van der Waals surface area contributed by atoms with Crippen molar-refractivity contribution in [3.8, 4) is 5.88 Å². The SMILES string of the molecule is C.C=CC(=O)c1c(CCC/C=C\Cc2c(C)cc(C)nc2OC)sc([C@H](C)C2CCN(C(=O)OC(C)(C)C)CC2)c1C.CC.[HH].[HH]. The van der Waals surface area contributed by atoms with E-state index in [0.29, 0.717) is 30.8 Å². The van der Waals surface area contributed by atoms with E-state index in [1.807, 2.05) is 46.4 Å². The quantitative estimate of drug-likeness (QED) is 0.107. The van der Waals surface area contributed by atoms with E-state index in [-0.39, 0.29) is 22.2 Å². The number of hydrogen-bond donors (Lipinski definition) is 0. The molecule has 2 aromatic rings. The van der Waals surface area contributed by atoms with Crippen molar-refractivity contribution in [3.05, 3.63) is 68.6 Å². The van der Waals surface area contributed by atoms with Gasteiger partial charge in [-0.2, -0.15) is 0 Å². The van der Waals surface area contributed by atoms with E-state index in [1.54, 1.807) is 18.4 Å². The first-order valence-electron chi connectivity index (χ1n) is 15.8. The molecule has 7 heteroatoms. The number of nitrogens with zero attached hydrogens (tertiary/aromatic N) is 2. The van der Waals surface area contributed by atoms with Crippen LogP contribution in [0, 0.1) is 26.7 Å². The van der Waals surface area contributed by atoms with Crippen molar-refractivity contribution in [3.63, 3.8) is 0 Å². The van der Waals surface area contributed by atoms with Crippen molar-refractivity contribution in [1.82, 2.24) is 9.88 Å². The number of allylic oxidation sites excluding steroid dienone is 3. The lowest BCUT2D eigenvalue weighted by molar-refractivity contribution is 0.0176. The molecule has 1 atom stereocenters. The summed E-state index contributed by atoms with van der Waals surface area (Å²) in [6, 6.07) is 2.09. The predicted octanol–water partition coefficient (Wildman–Crippen LogP) is 10.5. The number of rotatable bonds is 11. The van der Waals surface area contributed by atoms with Gasteiger partial charge in [-0.1, -0.05) is 46.9 Å². The van der Waals surface area contributed by atoms with Crippen LogP contribution in [0.15, 0.2) is 30.9 Å². The minimum atomic E-state index is -0.485. The Bertz CT molecular complexity index is 1280. The molecule has 3 rings (SSSR count). The van der Waals surface area contributed by atoms with Gasteiger partial charge in [-0.15, -0.1) is 11.3 Å². The first-order valence-corrected chi connectivity index (χ1v) is 16.6. The fourth-order valence-corrected chi connectivity index (χ4v) is 7.20. The summed E-state index contributed by atoms with van der Waals surface area (Å²) >= 11 is 1.79. The zero-order chi connectivity index (χ0) is 32.3. The summed E-state index contributed by atoms with van der Waals surface area (Å²) in [7, 11) is 1.67. The molecule has 0 saturated carbocycles. The van der Waals surface area contributed by atoms with Crippen molar-refractivity contribution >= 4 is 23.2 Å². The molecular weight excluding hydrogens is 568 g/mol. The van der Waals surface area contributed by atoms with Gasteiger partial charge in [0, 0.05) is 42.5 Å². The van der Waals surface area contributed by atoms with Gasteiger partial charge < -0.3 is 14.4 Å². The molecule has 1 saturated heterocycles. The highest BCUT2D eigenvalue weighted by atomic mass is 32.1. The maximum absolute atomic E-state index is 12.9. The number of methoxy groups -OCH3 is 1. The number of piperidine rings is 1. The highest BCUT2D eigenvalue weighted by molar-refractivity contribution is 7.12. The molecule has 0 N–H and O–H groups in total. The van der Waals surface area contributed by atoms with Crippen molar-refractivity contribution in [2.45, 2.75) is 120 Å². The van der Waals surface area contributed by atoms with Crippen LogP contribution in [0.5, 0.6) is 5.88 Å². The fraction of sp³-hybridized carbons (Fsp3) is 0.595. The summed E-state index contributed by atoms with van der Waals surface area (Å²) in [4.78, 5) is 34.2. The van der Waals surface area contributed by atoms with Crippen molar-refractivity contribution in [2.75, 3.05) is 20.2 Å². The first-order chi connectivity index (χ1) is 20.4. The lowest BCUT2D eigenvalue weighted by atomic mass is 9.83. The Hall–Kier alpha value is -2.93. The zero-order valence-corrected chi connectivity index (χ0v) is 29.1. The number of ether oxygens (including phenoxy) is 2. The number of carbonyl (C=O) groups excluding carboxylic acids is 2. The summed E-state index contributed by atoms with van der Waals surface area (Å²) in [5.41, 5.74) is 4.73. The van der Waals surface area contributed by atoms with E-state index < -0.39 is 5.60 Å². The van der Waals surface area contributed by atoms with E-state index in [4.69, 9.17) is 9.47 Å². The zero-order valence-electron chi connectivity index (χ0n) is 28.3. The first kappa shape index (κ1) is 39.1. The number of ketones is 1. The van der Waals surface area contributed by atoms with E-state index >= 15 is 0 Å². The molecule has 0 spiro atoms. The molecule has 1 aliphatic rings. The predicted molar refractivity (Wildman–Crippen MR) is 191 cm³/mol. The molecule has 1 fully saturated rings. The summed E-state index contributed by atoms with van der Waals surface area (Å²) in [6.07, 6.45) is 11.1. The third kappa shape index (κ3) is 10.6. The summed E-state index contributed by atoms with van der Waals surface area (Å²) in [6.45, 7) is 23.3. The van der Waals surface area contributed by atoms with Gasteiger partial charge in [0.1, 0.15) is 5.60 Å². The Labute approximate surface area is 274 Å². The minimum absolute atomic E-state index is 0. The van der Waals surface area contributed by atoms with Gasteiger partial charge in [0.15, 0.2) is 5.78 Å². The molecule has 0 aromatic carbocycles. The summed E-state index contributed by atoms with van der Waals surface area (Å²) in [5, 5.41) is 0. The van der Waals surface area contributed by atoms with Crippen LogP contribution >= 0.6 is 11.3 Å². The topological polar surface area (TPSA) is 68.7 Å². The molecule has 1 aliphatic heterocycles. The maximum Gasteiger partial charge on any atom is 0.410 e. The molecular formula is C37H62N2O4S. The average molecular weight is 631 g/mol. The molecule has 250 valence electrons. The monoisotopic (exact) mass is 630 g/mol. The van der Waals surface area contributed by atoms with Gasteiger partial charge in [-0.25, -0.2) is 9.78 Å². The molecule has 6 nitrogen and oxygen atoms in total. The number of hydrogen-bond acceptors (Lipinski definition) is 6. The molecule has 2 aromatic heterocycles. The number of pyridine rings is 1. The Morgan fingerprint density at radius 2 is 1.82 bits per heavy atom. The third-order valence-electron chi connectivity index (χ3n) is 7.89. The number of unbranched alkanes of at least 4 members (excludes halogenated alkanes) is 1. The summed E-state index contributed by atoms with van der Waals surface area (Å²) < 4.78 is 11.1. The third-order valence-corrected chi connectivity index (χ3v) is 9.45. The molecule has 3 heterocycles. The highest BCUT2D eigenvalue weighted by Crippen LogP contribution is 2.41. The standard InChI is InChI=1S/C34H48N2O4S.C2H6.CH4.2H2/c1-10-28(37)30-25(5)31(24(4)26-17-19-36(20-18-26)33(38)40-34(6,7)8)41-29(30)16-14-12-11-13-15-27-22(2)21-23(3)35-32(27)39-9;1-2;;;/h10-11,13,21,24,26H,1,12,14-20H2,2-9H3;1-2H3;1H4;2*1H/b13-11-;;;;/t24-;;;;/m1..../s1. The van der Waals surface area contributed by atoms with E-state index in [9.17, 15) is 9.59 Å². The smallest absolute Gasteiger partial charge is 0.410 e. The molecule has 44 heavy (non-hydrogen) atoms. The van der Waals surface area contributed by atoms with Gasteiger partial charge in [-0.3, -0.25) is 4.79 Å². The Balaban J connectivity index is 0. The number of aryl methyl sites for hydroxylation is 3. The van der Waals surface area contributed by atoms with Crippen LogP contribution in [0.2, 0.25) is 0 Å². The van der Waals surface area contributed by atoms with Crippen LogP contribution in [0.25, 0.3) is 0 Å². The number of carbonyl (C=O) groups is 2. The second kappa shape index (κ2) is 18.1. The molecule has 1 amide bonds. The average Bonchev–Trinajstić information content (AvgIpc) is 3.30. The molecule has 0 aliphatic carbocycles. The molecule has 0 unspecified atom stereocenters. The fourth-order valence-electron chi connectivity index (χ4n) is 5.70. The lowest BCUT2D eigenvalue weighted by Crippen LogP contribution is -2.42. The van der Waals surface area contributed by atoms with Gasteiger partial charge in [-0.05, 0) is 115 Å². The van der Waals surface area contributed by atoms with Gasteiger partial charge >= 0.3 is 6.09 Å². The Kier molecular flexibility index (Phi) is 16.1. The van der Waals surface area contributed by atoms with Crippen LogP contribution in [0.3, 0.4) is 0 Å². The lowest BCUT2D eigenvalue weighted by Gasteiger charge is -2.35. The Morgan fingerprint density at radius 1 is 1.18 bits per heavy atom. The van der Waals surface area contributed by atoms with Crippen molar-refractivity contribution < 1.29 is 21.9 Å². The van der Waals surface area contributed by atoms with E-state index in [1.165, 1.54) is 16.5 Å². The minimum Gasteiger partial charge on any atom is -0.481 e. The number of amides is 1. The van der Waals surface area contributed by atoms with Crippen LogP contribution in [0.1, 0.15) is 126 Å². The largest absolute Gasteiger partial charge is 0.481 e. The normalized spacial score (nSPS) is 14.4. The van der Waals surface area contributed by atoms with Crippen LogP contribution < -0.4 is 4.74 Å². The van der Waals surface area contributed by atoms with Crippen molar-refractivity contribution in [2.24, 2.45) is 5.92 Å². The van der Waals surface area contributed by atoms with Crippen LogP contribution in [-0.4, -0.2) is 47.6 Å². The van der Waals surface area contributed by atoms with Crippen LogP contribution in [-0.2, 0) is 17.6 Å². The van der Waals surface area contributed by atoms with Gasteiger partial charge in [0.05, 0.1) is 7.11 Å².